The number of urea groups is 1. The van der Waals surface area contributed by atoms with Gasteiger partial charge < -0.3 is 21.3 Å². The first-order valence-electron chi connectivity index (χ1n) is 6.71. The van der Waals surface area contributed by atoms with Crippen LogP contribution in [0.25, 0.3) is 0 Å². The van der Waals surface area contributed by atoms with Gasteiger partial charge in [-0.25, -0.2) is 4.79 Å². The highest BCUT2D eigenvalue weighted by molar-refractivity contribution is 6.00. The van der Waals surface area contributed by atoms with Gasteiger partial charge in [-0.1, -0.05) is 6.58 Å². The maximum Gasteiger partial charge on any atom is 0.323 e. The van der Waals surface area contributed by atoms with Gasteiger partial charge in [-0.2, -0.15) is 0 Å². The molecule has 0 atom stereocenters. The third-order valence-electron chi connectivity index (χ3n) is 3.18. The van der Waals surface area contributed by atoms with Gasteiger partial charge in [0.05, 0.1) is 16.3 Å². The van der Waals surface area contributed by atoms with E-state index in [0.29, 0.717) is 17.2 Å². The number of non-ortho nitro benzene ring substituents is 1. The third kappa shape index (κ3) is 3.21. The molecule has 0 saturated heterocycles. The maximum absolute atomic E-state index is 12.0. The predicted octanol–water partition coefficient (Wildman–Crippen LogP) is 3.55. The Bertz CT molecular complexity index is 801. The van der Waals surface area contributed by atoms with Crippen LogP contribution in [-0.4, -0.2) is 11.0 Å². The molecule has 0 saturated carbocycles. The SMILES string of the molecule is C=C1Nc2ccc(NC(=O)Nc3ccc([N+](=O)[O-])cc3)cc2N1. The molecular formula is C15H13N5O3. The average Bonchev–Trinajstić information content (AvgIpc) is 2.87. The summed E-state index contributed by atoms with van der Waals surface area (Å²) >= 11 is 0. The summed E-state index contributed by atoms with van der Waals surface area (Å²) in [4.78, 5) is 22.0. The van der Waals surface area contributed by atoms with E-state index in [1.165, 1.54) is 24.3 Å². The van der Waals surface area contributed by atoms with Crippen LogP contribution in [0.2, 0.25) is 0 Å². The van der Waals surface area contributed by atoms with Crippen molar-refractivity contribution in [2.24, 2.45) is 0 Å². The number of hydrogen-bond donors (Lipinski definition) is 4. The van der Waals surface area contributed by atoms with Gasteiger partial charge in [0.2, 0.25) is 0 Å². The molecule has 0 fully saturated rings. The summed E-state index contributed by atoms with van der Waals surface area (Å²) in [6, 6.07) is 10.5. The van der Waals surface area contributed by atoms with Gasteiger partial charge in [-0.3, -0.25) is 10.1 Å². The van der Waals surface area contributed by atoms with Crippen molar-refractivity contribution in [3.05, 3.63) is 65.0 Å². The second-order valence-electron chi connectivity index (χ2n) is 4.87. The van der Waals surface area contributed by atoms with Crippen LogP contribution in [0.15, 0.2) is 54.9 Å². The molecular weight excluding hydrogens is 298 g/mol. The van der Waals surface area contributed by atoms with Gasteiger partial charge in [-0.15, -0.1) is 0 Å². The Hall–Kier alpha value is -3.55. The first-order valence-corrected chi connectivity index (χ1v) is 6.71. The van der Waals surface area contributed by atoms with Gasteiger partial charge in [-0.05, 0) is 30.3 Å². The Morgan fingerprint density at radius 3 is 2.30 bits per heavy atom. The van der Waals surface area contributed by atoms with Gasteiger partial charge >= 0.3 is 6.03 Å². The van der Waals surface area contributed by atoms with Crippen molar-refractivity contribution in [3.8, 4) is 0 Å². The van der Waals surface area contributed by atoms with Crippen LogP contribution in [0.3, 0.4) is 0 Å². The number of carbonyl (C=O) groups is 1. The van der Waals surface area contributed by atoms with Crippen molar-refractivity contribution >= 4 is 34.5 Å². The fourth-order valence-electron chi connectivity index (χ4n) is 2.15. The number of fused-ring (bicyclic) bond motifs is 1. The minimum Gasteiger partial charge on any atom is -0.341 e. The van der Waals surface area contributed by atoms with Crippen LogP contribution in [0.1, 0.15) is 0 Å². The van der Waals surface area contributed by atoms with Crippen molar-refractivity contribution in [1.29, 1.82) is 0 Å². The lowest BCUT2D eigenvalue weighted by Crippen LogP contribution is -2.19. The molecule has 8 nitrogen and oxygen atoms in total. The molecule has 4 N–H and O–H groups in total. The number of nitrogens with one attached hydrogen (secondary N) is 4. The number of nitro groups is 1. The molecule has 0 aliphatic carbocycles. The van der Waals surface area contributed by atoms with E-state index in [2.05, 4.69) is 27.8 Å². The summed E-state index contributed by atoms with van der Waals surface area (Å²) < 4.78 is 0. The first kappa shape index (κ1) is 14.4. The van der Waals surface area contributed by atoms with E-state index in [4.69, 9.17) is 0 Å². The number of nitro benzene ring substituents is 1. The average molecular weight is 311 g/mol. The number of rotatable bonds is 3. The molecule has 0 radical (unpaired) electrons. The van der Waals surface area contributed by atoms with E-state index in [1.54, 1.807) is 12.1 Å². The molecule has 2 amide bonds. The largest absolute Gasteiger partial charge is 0.341 e. The van der Waals surface area contributed by atoms with E-state index < -0.39 is 11.0 Å². The zero-order valence-electron chi connectivity index (χ0n) is 11.9. The molecule has 2 aromatic carbocycles. The van der Waals surface area contributed by atoms with Crippen LogP contribution in [0.5, 0.6) is 0 Å². The van der Waals surface area contributed by atoms with Crippen LogP contribution < -0.4 is 21.3 Å². The zero-order valence-corrected chi connectivity index (χ0v) is 11.9. The second kappa shape index (κ2) is 5.68. The fraction of sp³-hybridized carbons (Fsp3) is 0. The van der Waals surface area contributed by atoms with Crippen molar-refractivity contribution in [1.82, 2.24) is 0 Å². The molecule has 1 heterocycles. The van der Waals surface area contributed by atoms with E-state index in [0.717, 1.165) is 11.4 Å². The Kier molecular flexibility index (Phi) is 3.55. The standard InChI is InChI=1S/C15H13N5O3/c1-9-16-13-7-4-11(8-14(13)17-9)19-15(21)18-10-2-5-12(6-3-10)20(22)23/h2-8,16-17H,1H2,(H2,18,19,21). The smallest absolute Gasteiger partial charge is 0.323 e. The second-order valence-corrected chi connectivity index (χ2v) is 4.87. The summed E-state index contributed by atoms with van der Waals surface area (Å²) in [6.07, 6.45) is 0. The number of carbonyl (C=O) groups excluding carboxylic acids is 1. The predicted molar refractivity (Wildman–Crippen MR) is 88.6 cm³/mol. The lowest BCUT2D eigenvalue weighted by molar-refractivity contribution is -0.384. The molecule has 3 rings (SSSR count). The highest BCUT2D eigenvalue weighted by atomic mass is 16.6. The van der Waals surface area contributed by atoms with Crippen molar-refractivity contribution in [2.75, 3.05) is 21.3 Å². The zero-order chi connectivity index (χ0) is 16.4. The van der Waals surface area contributed by atoms with Crippen LogP contribution >= 0.6 is 0 Å². The van der Waals surface area contributed by atoms with Gasteiger partial charge in [0.1, 0.15) is 5.82 Å². The molecule has 0 spiro atoms. The summed E-state index contributed by atoms with van der Waals surface area (Å²) in [5.74, 6) is 0.674. The van der Waals surface area contributed by atoms with Crippen LogP contribution in [-0.2, 0) is 0 Å². The molecule has 1 aliphatic rings. The van der Waals surface area contributed by atoms with Crippen molar-refractivity contribution in [2.45, 2.75) is 0 Å². The minimum absolute atomic E-state index is 0.0339. The van der Waals surface area contributed by atoms with E-state index in [-0.39, 0.29) is 5.69 Å². The lowest BCUT2D eigenvalue weighted by Gasteiger charge is -2.08. The molecule has 1 aliphatic heterocycles. The van der Waals surface area contributed by atoms with E-state index in [9.17, 15) is 14.9 Å². The van der Waals surface area contributed by atoms with Gasteiger partial charge in [0, 0.05) is 23.5 Å². The Balaban J connectivity index is 1.64. The summed E-state index contributed by atoms with van der Waals surface area (Å²) in [5.41, 5.74) is 2.74. The molecule has 0 unspecified atom stereocenters. The van der Waals surface area contributed by atoms with Gasteiger partial charge in [0.25, 0.3) is 5.69 Å². The van der Waals surface area contributed by atoms with Crippen LogP contribution in [0, 0.1) is 10.1 Å². The maximum atomic E-state index is 12.0. The van der Waals surface area contributed by atoms with E-state index >= 15 is 0 Å². The summed E-state index contributed by atoms with van der Waals surface area (Å²) in [5, 5.41) is 22.0. The minimum atomic E-state index is -0.497. The Morgan fingerprint density at radius 1 is 1.00 bits per heavy atom. The normalized spacial score (nSPS) is 11.9. The monoisotopic (exact) mass is 311 g/mol. The molecule has 2 aromatic rings. The summed E-state index contributed by atoms with van der Waals surface area (Å²) in [6.45, 7) is 3.76. The molecule has 0 aromatic heterocycles. The molecule has 116 valence electrons. The van der Waals surface area contributed by atoms with Crippen LogP contribution in [0.4, 0.5) is 33.2 Å². The van der Waals surface area contributed by atoms with Crippen molar-refractivity contribution < 1.29 is 9.72 Å². The highest BCUT2D eigenvalue weighted by Crippen LogP contribution is 2.32. The van der Waals surface area contributed by atoms with Crippen molar-refractivity contribution in [3.63, 3.8) is 0 Å². The van der Waals surface area contributed by atoms with Gasteiger partial charge in [0.15, 0.2) is 0 Å². The van der Waals surface area contributed by atoms with E-state index in [1.807, 2.05) is 6.07 Å². The number of benzene rings is 2. The Labute approximate surface area is 131 Å². The number of hydrogen-bond acceptors (Lipinski definition) is 5. The number of anilines is 4. The topological polar surface area (TPSA) is 108 Å². The first-order chi connectivity index (χ1) is 11.0. The fourth-order valence-corrected chi connectivity index (χ4v) is 2.15. The number of amides is 2. The molecule has 8 heteroatoms. The lowest BCUT2D eigenvalue weighted by atomic mass is 10.2. The summed E-state index contributed by atoms with van der Waals surface area (Å²) in [7, 11) is 0. The molecule has 23 heavy (non-hydrogen) atoms. The quantitative estimate of drug-likeness (QED) is 0.512. The number of nitrogens with zero attached hydrogens (tertiary/aromatic N) is 1. The highest BCUT2D eigenvalue weighted by Gasteiger charge is 2.13. The third-order valence-corrected chi connectivity index (χ3v) is 3.18. The Morgan fingerprint density at radius 2 is 1.61 bits per heavy atom. The molecule has 0 bridgehead atoms.